The number of nitrogens with zero attached hydrogens (tertiary/aromatic N) is 2. The average Bonchev–Trinajstić information content (AvgIpc) is 3.29. The van der Waals surface area contributed by atoms with Crippen LogP contribution in [0.15, 0.2) is 36.4 Å². The van der Waals surface area contributed by atoms with E-state index in [1.54, 1.807) is 6.92 Å². The van der Waals surface area contributed by atoms with Crippen LogP contribution in [0.4, 0.5) is 22.0 Å². The molecule has 1 aromatic heterocycles. The average molecular weight is 502 g/mol. The van der Waals surface area contributed by atoms with Gasteiger partial charge in [0.05, 0.1) is 24.3 Å². The number of halogens is 5. The molecule has 0 radical (unpaired) electrons. The molecule has 0 unspecified atom stereocenters. The Labute approximate surface area is 197 Å². The number of aliphatic hydroxyl groups is 1. The van der Waals surface area contributed by atoms with E-state index in [4.69, 9.17) is 10.5 Å². The Hall–Kier alpha value is -2.63. The summed E-state index contributed by atoms with van der Waals surface area (Å²) in [6.45, 7) is 1.24. The zero-order valence-corrected chi connectivity index (χ0v) is 19.1. The second-order valence-corrected chi connectivity index (χ2v) is 9.08. The monoisotopic (exact) mass is 501 g/mol. The van der Waals surface area contributed by atoms with Gasteiger partial charge in [0.2, 0.25) is 0 Å². The first-order valence-electron chi connectivity index (χ1n) is 10.5. The molecule has 0 spiro atoms. The minimum absolute atomic E-state index is 0.0746. The van der Waals surface area contributed by atoms with Gasteiger partial charge in [0.1, 0.15) is 15.8 Å². The lowest BCUT2D eigenvalue weighted by Crippen LogP contribution is -2.36. The predicted molar refractivity (Wildman–Crippen MR) is 118 cm³/mol. The van der Waals surface area contributed by atoms with Crippen LogP contribution in [0.1, 0.15) is 42.3 Å². The number of hydrogen-bond acceptors (Lipinski definition) is 6. The highest BCUT2D eigenvalue weighted by Crippen LogP contribution is 2.40. The Kier molecular flexibility index (Phi) is 8.21. The zero-order valence-electron chi connectivity index (χ0n) is 18.3. The molecule has 0 aliphatic carbocycles. The summed E-state index contributed by atoms with van der Waals surface area (Å²) >= 11 is 1.01. The van der Waals surface area contributed by atoms with Gasteiger partial charge in [0.15, 0.2) is 11.6 Å². The number of rotatable bonds is 10. The number of benzene rings is 2. The van der Waals surface area contributed by atoms with Gasteiger partial charge in [-0.1, -0.05) is 17.4 Å². The van der Waals surface area contributed by atoms with Gasteiger partial charge in [-0.05, 0) is 68.5 Å². The highest BCUT2D eigenvalue weighted by atomic mass is 32.1. The maximum atomic E-state index is 13.6. The molecule has 11 heteroatoms. The first kappa shape index (κ1) is 26.0. The van der Waals surface area contributed by atoms with Gasteiger partial charge in [-0.25, -0.2) is 8.78 Å². The van der Waals surface area contributed by atoms with Crippen LogP contribution in [0.3, 0.4) is 0 Å². The standard InChI is InChI=1S/C23H24F5N3O2S/c1-22(29,13-32)21-31-30-20(34-21)15-7-9-19(16(12-15)23(26,27)28)33-10-4-2-3-5-14-6-8-17(24)18(25)11-14/h6-9,11-12,32H,2-5,10,13,29H2,1H3/t22-/m0/s1. The fraction of sp³-hybridized carbons (Fsp3) is 0.391. The second kappa shape index (κ2) is 10.7. The van der Waals surface area contributed by atoms with Crippen molar-refractivity contribution in [3.05, 3.63) is 64.2 Å². The highest BCUT2D eigenvalue weighted by molar-refractivity contribution is 7.14. The Morgan fingerprint density at radius 3 is 2.44 bits per heavy atom. The summed E-state index contributed by atoms with van der Waals surface area (Å²) < 4.78 is 72.5. The second-order valence-electron chi connectivity index (χ2n) is 8.10. The molecule has 3 N–H and O–H groups in total. The number of hydrogen-bond donors (Lipinski definition) is 2. The van der Waals surface area contributed by atoms with E-state index in [0.717, 1.165) is 29.5 Å². The zero-order chi connectivity index (χ0) is 24.9. The minimum Gasteiger partial charge on any atom is -0.493 e. The van der Waals surface area contributed by atoms with Gasteiger partial charge < -0.3 is 15.6 Å². The van der Waals surface area contributed by atoms with Crippen molar-refractivity contribution >= 4 is 11.3 Å². The van der Waals surface area contributed by atoms with Crippen LogP contribution in [-0.2, 0) is 18.1 Å². The molecule has 0 saturated carbocycles. The summed E-state index contributed by atoms with van der Waals surface area (Å²) in [6.07, 6.45) is -2.30. The topological polar surface area (TPSA) is 81.3 Å². The molecule has 0 amide bonds. The van der Waals surface area contributed by atoms with Crippen LogP contribution in [0, 0.1) is 11.6 Å². The van der Waals surface area contributed by atoms with E-state index in [2.05, 4.69) is 10.2 Å². The summed E-state index contributed by atoms with van der Waals surface area (Å²) in [7, 11) is 0. The van der Waals surface area contributed by atoms with Crippen molar-refractivity contribution in [1.29, 1.82) is 0 Å². The van der Waals surface area contributed by atoms with Gasteiger partial charge in [-0.2, -0.15) is 13.2 Å². The molecular formula is C23H24F5N3O2S. The van der Waals surface area contributed by atoms with E-state index in [9.17, 15) is 27.1 Å². The van der Waals surface area contributed by atoms with Crippen LogP contribution in [0.25, 0.3) is 10.6 Å². The number of ether oxygens (including phenoxy) is 1. The predicted octanol–water partition coefficient (Wildman–Crippen LogP) is 5.46. The summed E-state index contributed by atoms with van der Waals surface area (Å²) in [5.74, 6) is -2.10. The lowest BCUT2D eigenvalue weighted by atomic mass is 10.1. The number of aromatic nitrogens is 2. The van der Waals surface area contributed by atoms with E-state index < -0.39 is 28.9 Å². The number of aliphatic hydroxyl groups excluding tert-OH is 1. The van der Waals surface area contributed by atoms with E-state index >= 15 is 0 Å². The van der Waals surface area contributed by atoms with Crippen LogP contribution in [-0.4, -0.2) is 28.5 Å². The normalized spacial score (nSPS) is 13.6. The molecule has 0 saturated heterocycles. The van der Waals surface area contributed by atoms with Crippen molar-refractivity contribution in [2.24, 2.45) is 5.73 Å². The third-order valence-electron chi connectivity index (χ3n) is 5.13. The molecule has 1 heterocycles. The van der Waals surface area contributed by atoms with Crippen molar-refractivity contribution in [2.45, 2.75) is 44.3 Å². The summed E-state index contributed by atoms with van der Waals surface area (Å²) in [5, 5.41) is 17.7. The Morgan fingerprint density at radius 1 is 1.00 bits per heavy atom. The molecule has 184 valence electrons. The van der Waals surface area contributed by atoms with Crippen molar-refractivity contribution in [1.82, 2.24) is 10.2 Å². The lowest BCUT2D eigenvalue weighted by molar-refractivity contribution is -0.138. The molecule has 3 rings (SSSR count). The van der Waals surface area contributed by atoms with E-state index in [0.29, 0.717) is 36.3 Å². The Balaban J connectivity index is 1.60. The third kappa shape index (κ3) is 6.49. The molecule has 1 atom stereocenters. The minimum atomic E-state index is -4.64. The molecule has 0 aliphatic rings. The van der Waals surface area contributed by atoms with Crippen LogP contribution >= 0.6 is 11.3 Å². The smallest absolute Gasteiger partial charge is 0.419 e. The molecule has 2 aromatic carbocycles. The lowest BCUT2D eigenvalue weighted by Gasteiger charge is -2.17. The van der Waals surface area contributed by atoms with E-state index in [1.165, 1.54) is 18.2 Å². The fourth-order valence-corrected chi connectivity index (χ4v) is 4.02. The van der Waals surface area contributed by atoms with Crippen LogP contribution in [0.5, 0.6) is 5.75 Å². The Morgan fingerprint density at radius 2 is 1.76 bits per heavy atom. The number of aryl methyl sites for hydroxylation is 1. The van der Waals surface area contributed by atoms with Crippen molar-refractivity contribution in [3.8, 4) is 16.3 Å². The maximum absolute atomic E-state index is 13.6. The number of nitrogens with two attached hydrogens (primary N) is 1. The highest BCUT2D eigenvalue weighted by Gasteiger charge is 2.35. The molecular weight excluding hydrogens is 477 g/mol. The van der Waals surface area contributed by atoms with E-state index in [1.807, 2.05) is 0 Å². The fourth-order valence-electron chi connectivity index (χ4n) is 3.13. The van der Waals surface area contributed by atoms with Gasteiger partial charge in [0.25, 0.3) is 0 Å². The Bertz CT molecular complexity index is 1120. The maximum Gasteiger partial charge on any atom is 0.419 e. The molecule has 0 fully saturated rings. The van der Waals surface area contributed by atoms with Gasteiger partial charge >= 0.3 is 6.18 Å². The van der Waals surface area contributed by atoms with Crippen molar-refractivity contribution in [3.63, 3.8) is 0 Å². The quantitative estimate of drug-likeness (QED) is 0.285. The summed E-state index contributed by atoms with van der Waals surface area (Å²) in [6, 6.07) is 7.38. The number of unbranched alkanes of at least 4 members (excludes halogenated alkanes) is 2. The molecule has 0 bridgehead atoms. The first-order valence-corrected chi connectivity index (χ1v) is 11.3. The van der Waals surface area contributed by atoms with Crippen molar-refractivity contribution in [2.75, 3.05) is 13.2 Å². The summed E-state index contributed by atoms with van der Waals surface area (Å²) in [5.41, 5.74) is 4.71. The SMILES string of the molecule is C[C@](N)(CO)c1nnc(-c2ccc(OCCCCCc3ccc(F)c(F)c3)c(C(F)(F)F)c2)s1. The first-order chi connectivity index (χ1) is 16.0. The molecule has 5 nitrogen and oxygen atoms in total. The number of alkyl halides is 3. The van der Waals surface area contributed by atoms with Gasteiger partial charge in [-0.3, -0.25) is 0 Å². The third-order valence-corrected chi connectivity index (χ3v) is 6.38. The van der Waals surface area contributed by atoms with Gasteiger partial charge in [0, 0.05) is 5.56 Å². The van der Waals surface area contributed by atoms with E-state index in [-0.39, 0.29) is 29.5 Å². The van der Waals surface area contributed by atoms with Crippen LogP contribution in [0.2, 0.25) is 0 Å². The molecule has 0 aliphatic heterocycles. The van der Waals surface area contributed by atoms with Gasteiger partial charge in [-0.15, -0.1) is 10.2 Å². The molecule has 3 aromatic rings. The van der Waals surface area contributed by atoms with Crippen molar-refractivity contribution < 1.29 is 31.8 Å². The largest absolute Gasteiger partial charge is 0.493 e. The van der Waals surface area contributed by atoms with Crippen LogP contribution < -0.4 is 10.5 Å². The summed E-state index contributed by atoms with van der Waals surface area (Å²) in [4.78, 5) is 0. The molecule has 34 heavy (non-hydrogen) atoms.